The Bertz CT molecular complexity index is 2500. The van der Waals surface area contributed by atoms with Gasteiger partial charge >= 0.3 is 5.97 Å². The molecule has 2 unspecified atom stereocenters. The van der Waals surface area contributed by atoms with Gasteiger partial charge in [0, 0.05) is 12.1 Å². The molecule has 0 aliphatic carbocycles. The molecule has 1 fully saturated rings. The number of anilines is 2. The lowest BCUT2D eigenvalue weighted by Gasteiger charge is -2.33. The third kappa shape index (κ3) is 8.75. The number of hydrogen-bond acceptors (Lipinski definition) is 10. The summed E-state index contributed by atoms with van der Waals surface area (Å²) in [6, 6.07) is 23.3. The molecule has 0 radical (unpaired) electrons. The molecule has 17 heteroatoms. The fourth-order valence-corrected chi connectivity index (χ4v) is 10.2. The number of aliphatic carboxylic acids is 1. The Morgan fingerprint density at radius 2 is 1.22 bits per heavy atom. The quantitative estimate of drug-likeness (QED) is 0.116. The van der Waals surface area contributed by atoms with Crippen LogP contribution in [0.5, 0.6) is 23.0 Å². The molecule has 0 bridgehead atoms. The molecule has 0 aromatic heterocycles. The SMILES string of the molecule is COc1ccc(N(CC(=O)N2CCCC2c2ccc(F)cc2)S(=O)(=O)c2ccc(OC)cc2C(C(=O)O)N(c2ccc(OC)cc2)S(=O)(=O)c2ccc(OC)cc2)cc1. The Morgan fingerprint density at radius 1 is 0.712 bits per heavy atom. The van der Waals surface area contributed by atoms with Gasteiger partial charge in [-0.1, -0.05) is 12.1 Å². The lowest BCUT2D eigenvalue weighted by molar-refractivity contribution is -0.138. The average molecular weight is 848 g/mol. The number of carboxylic acids is 1. The largest absolute Gasteiger partial charge is 0.497 e. The van der Waals surface area contributed by atoms with Crippen LogP contribution in [-0.4, -0.2) is 80.2 Å². The summed E-state index contributed by atoms with van der Waals surface area (Å²) in [4.78, 5) is 28.5. The van der Waals surface area contributed by atoms with Crippen molar-refractivity contribution in [3.8, 4) is 23.0 Å². The van der Waals surface area contributed by atoms with Crippen molar-refractivity contribution in [1.82, 2.24) is 4.90 Å². The topological polar surface area (TPSA) is 169 Å². The van der Waals surface area contributed by atoms with Gasteiger partial charge < -0.3 is 29.0 Å². The number of carbonyl (C=O) groups excluding carboxylic acids is 1. The molecule has 1 aliphatic rings. The molecule has 310 valence electrons. The summed E-state index contributed by atoms with van der Waals surface area (Å²) in [5.74, 6) is -1.67. The van der Waals surface area contributed by atoms with E-state index in [1.807, 2.05) is 0 Å². The van der Waals surface area contributed by atoms with Gasteiger partial charge in [-0.3, -0.25) is 9.10 Å². The third-order valence-corrected chi connectivity index (χ3v) is 13.6. The Morgan fingerprint density at radius 3 is 1.75 bits per heavy atom. The van der Waals surface area contributed by atoms with Crippen LogP contribution in [0.4, 0.5) is 15.8 Å². The monoisotopic (exact) mass is 847 g/mol. The molecule has 5 aromatic rings. The minimum absolute atomic E-state index is 0.0213. The highest BCUT2D eigenvalue weighted by Gasteiger charge is 2.43. The Hall–Kier alpha value is -6.33. The molecule has 6 rings (SSSR count). The van der Waals surface area contributed by atoms with Crippen LogP contribution >= 0.6 is 0 Å². The fourth-order valence-electron chi connectivity index (χ4n) is 6.97. The number of sulfonamides is 2. The molecule has 0 spiro atoms. The van der Waals surface area contributed by atoms with Gasteiger partial charge in [0.2, 0.25) is 5.91 Å². The standard InChI is InChI=1S/C42H42FN3O11S2/c1-54-32-15-11-30(12-16-32)45(27-40(47)44-25-5-6-38(44)28-7-9-29(43)10-8-28)59(52,53)39-24-21-35(57-4)26-37(39)41(42(48)49)46(31-13-17-33(55-2)18-14-31)58(50,51)36-22-19-34(56-3)20-23-36/h7-24,26,38,41H,5-6,25,27H2,1-4H3,(H,48,49). The maximum atomic E-state index is 15.3. The third-order valence-electron chi connectivity index (χ3n) is 9.96. The van der Waals surface area contributed by atoms with Gasteiger partial charge in [-0.25, -0.2) is 30.3 Å². The molecule has 1 aliphatic heterocycles. The normalized spacial score (nSPS) is 14.6. The predicted octanol–water partition coefficient (Wildman–Crippen LogP) is 6.44. The van der Waals surface area contributed by atoms with E-state index >= 15 is 8.42 Å². The van der Waals surface area contributed by atoms with Crippen LogP contribution in [0.3, 0.4) is 0 Å². The van der Waals surface area contributed by atoms with Crippen molar-refractivity contribution in [3.63, 3.8) is 0 Å². The highest BCUT2D eigenvalue weighted by Crippen LogP contribution is 2.41. The summed E-state index contributed by atoms with van der Waals surface area (Å²) >= 11 is 0. The summed E-state index contributed by atoms with van der Waals surface area (Å²) in [7, 11) is -4.24. The number of benzene rings is 5. The van der Waals surface area contributed by atoms with Gasteiger partial charge in [-0.05, 0) is 122 Å². The fraction of sp³-hybridized carbons (Fsp3) is 0.238. The van der Waals surface area contributed by atoms with Crippen molar-refractivity contribution in [2.45, 2.75) is 34.7 Å². The molecule has 59 heavy (non-hydrogen) atoms. The minimum Gasteiger partial charge on any atom is -0.497 e. The smallest absolute Gasteiger partial charge is 0.332 e. The van der Waals surface area contributed by atoms with E-state index in [1.54, 1.807) is 12.1 Å². The Kier molecular flexibility index (Phi) is 12.7. The number of ether oxygens (including phenoxy) is 4. The van der Waals surface area contributed by atoms with Crippen LogP contribution in [0.25, 0.3) is 0 Å². The van der Waals surface area contributed by atoms with E-state index < -0.39 is 66.8 Å². The number of halogens is 1. The molecular weight excluding hydrogens is 806 g/mol. The van der Waals surface area contributed by atoms with E-state index in [0.29, 0.717) is 46.5 Å². The first-order chi connectivity index (χ1) is 28.2. The van der Waals surface area contributed by atoms with E-state index in [2.05, 4.69) is 0 Å². The maximum Gasteiger partial charge on any atom is 0.332 e. The average Bonchev–Trinajstić information content (AvgIpc) is 3.75. The van der Waals surface area contributed by atoms with Crippen LogP contribution in [0.2, 0.25) is 0 Å². The predicted molar refractivity (Wildman–Crippen MR) is 217 cm³/mol. The molecule has 1 N–H and O–H groups in total. The van der Waals surface area contributed by atoms with E-state index in [4.69, 9.17) is 18.9 Å². The van der Waals surface area contributed by atoms with E-state index in [0.717, 1.165) is 16.4 Å². The molecule has 14 nitrogen and oxygen atoms in total. The number of nitrogens with zero attached hydrogens (tertiary/aromatic N) is 3. The van der Waals surface area contributed by atoms with Crippen LogP contribution in [0.1, 0.15) is 36.1 Å². The summed E-state index contributed by atoms with van der Waals surface area (Å²) in [5, 5.41) is 11.1. The highest BCUT2D eigenvalue weighted by molar-refractivity contribution is 7.93. The number of methoxy groups -OCH3 is 4. The number of likely N-dealkylation sites (tertiary alicyclic amines) is 1. The molecule has 0 saturated carbocycles. The zero-order valence-electron chi connectivity index (χ0n) is 32.5. The van der Waals surface area contributed by atoms with Crippen molar-refractivity contribution >= 4 is 43.3 Å². The minimum atomic E-state index is -4.95. The van der Waals surface area contributed by atoms with Crippen LogP contribution in [-0.2, 0) is 29.6 Å². The van der Waals surface area contributed by atoms with Crippen LogP contribution in [0, 0.1) is 5.82 Å². The number of rotatable bonds is 16. The number of carbonyl (C=O) groups is 2. The van der Waals surface area contributed by atoms with Crippen molar-refractivity contribution < 1.29 is 54.9 Å². The number of carboxylic acid groups (broad SMARTS) is 1. The summed E-state index contributed by atoms with van der Waals surface area (Å²) in [6.07, 6.45) is 1.16. The van der Waals surface area contributed by atoms with Crippen LogP contribution < -0.4 is 27.6 Å². The second-order valence-corrected chi connectivity index (χ2v) is 17.0. The van der Waals surface area contributed by atoms with Gasteiger partial charge in [-0.15, -0.1) is 0 Å². The van der Waals surface area contributed by atoms with Crippen molar-refractivity contribution in [2.24, 2.45) is 0 Å². The molecule has 5 aromatic carbocycles. The number of amides is 1. The molecule has 2 atom stereocenters. The zero-order valence-corrected chi connectivity index (χ0v) is 34.2. The van der Waals surface area contributed by atoms with Gasteiger partial charge in [0.15, 0.2) is 6.04 Å². The molecule has 1 heterocycles. The Labute approximate surface area is 342 Å². The first-order valence-corrected chi connectivity index (χ1v) is 21.1. The van der Waals surface area contributed by atoms with Crippen molar-refractivity contribution in [3.05, 3.63) is 132 Å². The Balaban J connectivity index is 1.53. The first kappa shape index (κ1) is 42.3. The number of hydrogen-bond donors (Lipinski definition) is 1. The lowest BCUT2D eigenvalue weighted by atomic mass is 10.0. The zero-order chi connectivity index (χ0) is 42.5. The van der Waals surface area contributed by atoms with Gasteiger partial charge in [-0.2, -0.15) is 0 Å². The van der Waals surface area contributed by atoms with E-state index in [1.165, 1.54) is 124 Å². The lowest BCUT2D eigenvalue weighted by Crippen LogP contribution is -2.44. The summed E-state index contributed by atoms with van der Waals surface area (Å²) in [5.41, 5.74) is 0.0852. The van der Waals surface area contributed by atoms with Crippen molar-refractivity contribution in [2.75, 3.05) is 50.1 Å². The van der Waals surface area contributed by atoms with Crippen molar-refractivity contribution in [1.29, 1.82) is 0 Å². The summed E-state index contributed by atoms with van der Waals surface area (Å²) in [6.45, 7) is -0.436. The van der Waals surface area contributed by atoms with Gasteiger partial charge in [0.25, 0.3) is 20.0 Å². The van der Waals surface area contributed by atoms with Gasteiger partial charge in [0.1, 0.15) is 35.4 Å². The first-order valence-electron chi connectivity index (χ1n) is 18.2. The van der Waals surface area contributed by atoms with Gasteiger partial charge in [0.05, 0.1) is 55.6 Å². The summed E-state index contributed by atoms with van der Waals surface area (Å²) < 4.78 is 96.4. The second kappa shape index (κ2) is 17.7. The highest BCUT2D eigenvalue weighted by atomic mass is 32.2. The molecular formula is C42H42FN3O11S2. The van der Waals surface area contributed by atoms with E-state index in [-0.39, 0.29) is 22.0 Å². The molecule has 1 saturated heterocycles. The molecule has 1 amide bonds. The van der Waals surface area contributed by atoms with Crippen LogP contribution in [0.15, 0.2) is 125 Å². The second-order valence-electron chi connectivity index (χ2n) is 13.3. The van der Waals surface area contributed by atoms with E-state index in [9.17, 15) is 27.5 Å². The maximum absolute atomic E-state index is 15.3.